The first kappa shape index (κ1) is 14.9. The molecule has 0 saturated carbocycles. The van der Waals surface area contributed by atoms with Gasteiger partial charge in [0.25, 0.3) is 0 Å². The molecule has 1 heterocycles. The highest BCUT2D eigenvalue weighted by atomic mass is 32.1. The predicted molar refractivity (Wildman–Crippen MR) is 82.6 cm³/mol. The Labute approximate surface area is 124 Å². The Balaban J connectivity index is 1.92. The first-order chi connectivity index (χ1) is 9.54. The largest absolute Gasteiger partial charge is 0.481 e. The average molecular weight is 292 g/mol. The number of carboxylic acids is 1. The number of rotatable bonds is 5. The second kappa shape index (κ2) is 6.81. The van der Waals surface area contributed by atoms with E-state index < -0.39 is 5.97 Å². The minimum Gasteiger partial charge on any atom is -0.481 e. The van der Waals surface area contributed by atoms with Crippen molar-refractivity contribution in [3.63, 3.8) is 0 Å². The molecule has 0 bridgehead atoms. The Hall–Kier alpha value is -1.46. The molecule has 0 amide bonds. The molecule has 4 nitrogen and oxygen atoms in total. The third-order valence-electron chi connectivity index (χ3n) is 3.66. The second-order valence-corrected chi connectivity index (χ2v) is 5.90. The van der Waals surface area contributed by atoms with Crippen LogP contribution in [0.25, 0.3) is 0 Å². The van der Waals surface area contributed by atoms with Crippen LogP contribution in [0.4, 0.5) is 0 Å². The summed E-state index contributed by atoms with van der Waals surface area (Å²) in [5, 5.41) is 9.09. The number of nitrogens with zero attached hydrogens (tertiary/aromatic N) is 1. The molecule has 1 aromatic rings. The molecule has 1 atom stereocenters. The number of likely N-dealkylation sites (tertiary alicyclic amines) is 1. The number of carbonyl (C=O) groups is 1. The van der Waals surface area contributed by atoms with Crippen molar-refractivity contribution in [1.29, 1.82) is 0 Å². The van der Waals surface area contributed by atoms with Gasteiger partial charge in [-0.1, -0.05) is 36.5 Å². The smallest absolute Gasteiger partial charge is 0.307 e. The molecule has 5 heteroatoms. The minimum absolute atomic E-state index is 0.224. The summed E-state index contributed by atoms with van der Waals surface area (Å²) in [6, 6.07) is 8.20. The fourth-order valence-corrected chi connectivity index (χ4v) is 2.79. The van der Waals surface area contributed by atoms with Crippen molar-refractivity contribution in [3.05, 3.63) is 35.4 Å². The molecule has 1 aromatic carbocycles. The maximum atomic E-state index is 11.0. The molecule has 0 radical (unpaired) electrons. The molecular formula is C15H20N2O2S. The lowest BCUT2D eigenvalue weighted by atomic mass is 9.98. The van der Waals surface area contributed by atoms with Gasteiger partial charge in [-0.05, 0) is 30.5 Å². The van der Waals surface area contributed by atoms with Crippen molar-refractivity contribution in [3.8, 4) is 0 Å². The molecule has 108 valence electrons. The van der Waals surface area contributed by atoms with E-state index in [1.165, 1.54) is 5.56 Å². The fourth-order valence-electron chi connectivity index (χ4n) is 2.62. The van der Waals surface area contributed by atoms with Crippen LogP contribution in [0.2, 0.25) is 0 Å². The SMILES string of the molecule is NC(=S)Cc1ccc(CN2CCCC(C(=O)O)C2)cc1. The Morgan fingerprint density at radius 3 is 2.60 bits per heavy atom. The highest BCUT2D eigenvalue weighted by molar-refractivity contribution is 7.80. The van der Waals surface area contributed by atoms with Gasteiger partial charge in [0.2, 0.25) is 0 Å². The summed E-state index contributed by atoms with van der Waals surface area (Å²) in [6.07, 6.45) is 2.37. The Kier molecular flexibility index (Phi) is 5.09. The van der Waals surface area contributed by atoms with Gasteiger partial charge in [-0.15, -0.1) is 0 Å². The number of carboxylic acid groups (broad SMARTS) is 1. The Morgan fingerprint density at radius 1 is 1.35 bits per heavy atom. The number of nitrogens with two attached hydrogens (primary N) is 1. The van der Waals surface area contributed by atoms with Gasteiger partial charge in [0.15, 0.2) is 0 Å². The highest BCUT2D eigenvalue weighted by Gasteiger charge is 2.25. The van der Waals surface area contributed by atoms with E-state index in [0.29, 0.717) is 18.0 Å². The number of thiocarbonyl (C=S) groups is 1. The zero-order valence-corrected chi connectivity index (χ0v) is 12.2. The van der Waals surface area contributed by atoms with Gasteiger partial charge in [-0.2, -0.15) is 0 Å². The first-order valence-corrected chi connectivity index (χ1v) is 7.26. The third-order valence-corrected chi connectivity index (χ3v) is 3.81. The van der Waals surface area contributed by atoms with Crippen LogP contribution in [0.3, 0.4) is 0 Å². The monoisotopic (exact) mass is 292 g/mol. The minimum atomic E-state index is -0.679. The number of hydrogen-bond acceptors (Lipinski definition) is 3. The first-order valence-electron chi connectivity index (χ1n) is 6.86. The van der Waals surface area contributed by atoms with Gasteiger partial charge in [-0.25, -0.2) is 0 Å². The summed E-state index contributed by atoms with van der Waals surface area (Å²) < 4.78 is 0. The molecule has 1 fully saturated rings. The van der Waals surface area contributed by atoms with Crippen LogP contribution in [0.15, 0.2) is 24.3 Å². The van der Waals surface area contributed by atoms with Gasteiger partial charge >= 0.3 is 5.97 Å². The predicted octanol–water partition coefficient (Wildman–Crippen LogP) is 1.81. The number of benzene rings is 1. The fraction of sp³-hybridized carbons (Fsp3) is 0.467. The lowest BCUT2D eigenvalue weighted by Crippen LogP contribution is -2.38. The standard InChI is InChI=1S/C15H20N2O2S/c16-14(20)8-11-3-5-12(6-4-11)9-17-7-1-2-13(10-17)15(18)19/h3-6,13H,1-2,7-10H2,(H2,16,20)(H,18,19). The zero-order valence-electron chi connectivity index (χ0n) is 11.4. The van der Waals surface area contributed by atoms with Gasteiger partial charge in [0, 0.05) is 19.5 Å². The maximum Gasteiger partial charge on any atom is 0.307 e. The molecule has 0 aromatic heterocycles. The van der Waals surface area contributed by atoms with Crippen LogP contribution in [0, 0.1) is 5.92 Å². The van der Waals surface area contributed by atoms with Crippen molar-refractivity contribution in [1.82, 2.24) is 4.90 Å². The summed E-state index contributed by atoms with van der Waals surface area (Å²) in [5.41, 5.74) is 7.83. The maximum absolute atomic E-state index is 11.0. The molecule has 0 aliphatic carbocycles. The topological polar surface area (TPSA) is 66.6 Å². The summed E-state index contributed by atoms with van der Waals surface area (Å²) in [4.78, 5) is 13.8. The van der Waals surface area contributed by atoms with Crippen LogP contribution in [-0.4, -0.2) is 34.1 Å². The van der Waals surface area contributed by atoms with Gasteiger partial charge in [0.1, 0.15) is 0 Å². The van der Waals surface area contributed by atoms with Crippen molar-refractivity contribution in [2.75, 3.05) is 13.1 Å². The van der Waals surface area contributed by atoms with Crippen molar-refractivity contribution in [2.45, 2.75) is 25.8 Å². The molecule has 0 spiro atoms. The summed E-state index contributed by atoms with van der Waals surface area (Å²) in [5.74, 6) is -0.904. The van der Waals surface area contributed by atoms with Crippen LogP contribution in [0.1, 0.15) is 24.0 Å². The molecular weight excluding hydrogens is 272 g/mol. The number of aliphatic carboxylic acids is 1. The van der Waals surface area contributed by atoms with E-state index in [-0.39, 0.29) is 5.92 Å². The second-order valence-electron chi connectivity index (χ2n) is 5.37. The van der Waals surface area contributed by atoms with E-state index in [1.807, 2.05) is 12.1 Å². The third kappa shape index (κ3) is 4.28. The quantitative estimate of drug-likeness (QED) is 0.810. The zero-order chi connectivity index (χ0) is 14.5. The molecule has 20 heavy (non-hydrogen) atoms. The molecule has 1 unspecified atom stereocenters. The van der Waals surface area contributed by atoms with Crippen molar-refractivity contribution < 1.29 is 9.90 Å². The van der Waals surface area contributed by atoms with Crippen LogP contribution < -0.4 is 5.73 Å². The number of hydrogen-bond donors (Lipinski definition) is 2. The van der Waals surface area contributed by atoms with E-state index in [9.17, 15) is 4.79 Å². The Morgan fingerprint density at radius 2 is 2.00 bits per heavy atom. The summed E-state index contributed by atoms with van der Waals surface area (Å²) >= 11 is 4.89. The molecule has 2 rings (SSSR count). The Bertz CT molecular complexity index is 487. The van der Waals surface area contributed by atoms with Crippen molar-refractivity contribution in [2.24, 2.45) is 11.7 Å². The lowest BCUT2D eigenvalue weighted by Gasteiger charge is -2.30. The van der Waals surface area contributed by atoms with E-state index in [4.69, 9.17) is 23.1 Å². The van der Waals surface area contributed by atoms with Gasteiger partial charge in [0.05, 0.1) is 10.9 Å². The van der Waals surface area contributed by atoms with Gasteiger partial charge in [-0.3, -0.25) is 9.69 Å². The average Bonchev–Trinajstić information content (AvgIpc) is 2.41. The summed E-state index contributed by atoms with van der Waals surface area (Å²) in [6.45, 7) is 2.42. The van der Waals surface area contributed by atoms with Crippen LogP contribution in [0.5, 0.6) is 0 Å². The van der Waals surface area contributed by atoms with Crippen LogP contribution in [-0.2, 0) is 17.8 Å². The molecule has 3 N–H and O–H groups in total. The van der Waals surface area contributed by atoms with E-state index in [0.717, 1.165) is 31.5 Å². The normalized spacial score (nSPS) is 19.7. The molecule has 1 aliphatic rings. The van der Waals surface area contributed by atoms with Crippen LogP contribution >= 0.6 is 12.2 Å². The van der Waals surface area contributed by atoms with Crippen molar-refractivity contribution >= 4 is 23.2 Å². The number of piperidine rings is 1. The molecule has 1 saturated heterocycles. The summed E-state index contributed by atoms with van der Waals surface area (Å²) in [7, 11) is 0. The molecule has 1 aliphatic heterocycles. The lowest BCUT2D eigenvalue weighted by molar-refractivity contribution is -0.143. The van der Waals surface area contributed by atoms with Gasteiger partial charge < -0.3 is 10.8 Å². The highest BCUT2D eigenvalue weighted by Crippen LogP contribution is 2.19. The van der Waals surface area contributed by atoms with E-state index >= 15 is 0 Å². The van der Waals surface area contributed by atoms with E-state index in [1.54, 1.807) is 0 Å². The van der Waals surface area contributed by atoms with E-state index in [2.05, 4.69) is 17.0 Å².